The Kier molecular flexibility index (Phi) is 6.89. The highest BCUT2D eigenvalue weighted by molar-refractivity contribution is 6.30. The Morgan fingerprint density at radius 3 is 2.50 bits per heavy atom. The van der Waals surface area contributed by atoms with E-state index < -0.39 is 0 Å². The minimum atomic E-state index is -0.0938. The summed E-state index contributed by atoms with van der Waals surface area (Å²) in [7, 11) is 5.70. The summed E-state index contributed by atoms with van der Waals surface area (Å²) in [6.07, 6.45) is 5.56. The van der Waals surface area contributed by atoms with E-state index in [9.17, 15) is 4.79 Å². The lowest BCUT2D eigenvalue weighted by Gasteiger charge is -2.29. The molecule has 1 atom stereocenters. The lowest BCUT2D eigenvalue weighted by atomic mass is 10.1. The maximum atomic E-state index is 13.5. The largest absolute Gasteiger partial charge is 0.378 e. The maximum Gasteiger partial charge on any atom is 0.256 e. The molecule has 0 radical (unpaired) electrons. The van der Waals surface area contributed by atoms with Crippen molar-refractivity contribution < 1.29 is 4.79 Å². The number of nitrogens with zero attached hydrogens (tertiary/aromatic N) is 6. The van der Waals surface area contributed by atoms with Crippen LogP contribution in [0.5, 0.6) is 0 Å². The van der Waals surface area contributed by atoms with Crippen LogP contribution in [-0.4, -0.2) is 64.5 Å². The molecule has 30 heavy (non-hydrogen) atoms. The van der Waals surface area contributed by atoms with E-state index in [0.717, 1.165) is 17.9 Å². The summed E-state index contributed by atoms with van der Waals surface area (Å²) in [4.78, 5) is 22.9. The highest BCUT2D eigenvalue weighted by atomic mass is 35.5. The van der Waals surface area contributed by atoms with E-state index in [1.54, 1.807) is 29.6 Å². The normalized spacial score (nSPS) is 11.8. The monoisotopic (exact) mass is 427 g/mol. The molecule has 1 amide bonds. The third kappa shape index (κ3) is 4.88. The van der Waals surface area contributed by atoms with Gasteiger partial charge >= 0.3 is 0 Å². The van der Waals surface area contributed by atoms with Crippen LogP contribution in [0.1, 0.15) is 23.7 Å². The summed E-state index contributed by atoms with van der Waals surface area (Å²) in [6.45, 7) is 2.62. The van der Waals surface area contributed by atoms with Crippen LogP contribution < -0.4 is 10.2 Å². The van der Waals surface area contributed by atoms with Gasteiger partial charge in [-0.2, -0.15) is 15.0 Å². The number of carbonyl (C=O) groups is 1. The highest BCUT2D eigenvalue weighted by Gasteiger charge is 2.24. The zero-order valence-electron chi connectivity index (χ0n) is 17.6. The van der Waals surface area contributed by atoms with Gasteiger partial charge < -0.3 is 15.1 Å². The van der Waals surface area contributed by atoms with Crippen molar-refractivity contribution in [3.8, 4) is 5.69 Å². The fourth-order valence-corrected chi connectivity index (χ4v) is 3.21. The predicted molar refractivity (Wildman–Crippen MR) is 120 cm³/mol. The number of pyridine rings is 1. The van der Waals surface area contributed by atoms with Gasteiger partial charge in [0.15, 0.2) is 0 Å². The van der Waals surface area contributed by atoms with Gasteiger partial charge in [0, 0.05) is 45.6 Å². The first-order valence-electron chi connectivity index (χ1n) is 9.71. The van der Waals surface area contributed by atoms with Crippen LogP contribution in [0.15, 0.2) is 48.9 Å². The fourth-order valence-electron chi connectivity index (χ4n) is 3.10. The van der Waals surface area contributed by atoms with E-state index in [4.69, 9.17) is 11.6 Å². The van der Waals surface area contributed by atoms with Gasteiger partial charge in [-0.05, 0) is 36.8 Å². The second-order valence-corrected chi connectivity index (χ2v) is 7.57. The van der Waals surface area contributed by atoms with Gasteiger partial charge in [-0.1, -0.05) is 18.5 Å². The van der Waals surface area contributed by atoms with Crippen LogP contribution in [0.2, 0.25) is 5.02 Å². The number of carbonyl (C=O) groups excluding carboxylic acids is 1. The summed E-state index contributed by atoms with van der Waals surface area (Å²) in [5.41, 5.74) is 2.12. The molecular weight excluding hydrogens is 402 g/mol. The van der Waals surface area contributed by atoms with E-state index in [1.807, 2.05) is 50.3 Å². The van der Waals surface area contributed by atoms with E-state index in [0.29, 0.717) is 22.8 Å². The Morgan fingerprint density at radius 1 is 1.17 bits per heavy atom. The molecule has 158 valence electrons. The van der Waals surface area contributed by atoms with Crippen LogP contribution in [0, 0.1) is 0 Å². The zero-order chi connectivity index (χ0) is 21.7. The number of halogens is 1. The fraction of sp³-hybridized carbons (Fsp3) is 0.333. The maximum absolute atomic E-state index is 13.5. The van der Waals surface area contributed by atoms with Crippen LogP contribution in [0.3, 0.4) is 0 Å². The Labute approximate surface area is 181 Å². The molecule has 3 aromatic rings. The number of likely N-dealkylation sites (N-methyl/N-ethyl adjacent to an activating group) is 1. The summed E-state index contributed by atoms with van der Waals surface area (Å²) >= 11 is 5.89. The predicted octanol–water partition coefficient (Wildman–Crippen LogP) is 3.34. The van der Waals surface area contributed by atoms with Crippen LogP contribution in [0.4, 0.5) is 11.5 Å². The quantitative estimate of drug-likeness (QED) is 0.594. The summed E-state index contributed by atoms with van der Waals surface area (Å²) in [5.74, 6) is 0.624. The second-order valence-electron chi connectivity index (χ2n) is 7.14. The molecule has 0 spiro atoms. The van der Waals surface area contributed by atoms with Crippen molar-refractivity contribution in [2.24, 2.45) is 0 Å². The molecule has 2 aromatic heterocycles. The standard InChI is InChI=1S/C21H26ClN7O/c1-5-16(14-24-20-9-6-15(22)13-23-20)28(4)21(30)18-12-17(27(2)3)7-8-19(18)29-25-10-11-26-29/h6-13,16H,5,14H2,1-4H3,(H,23,24). The van der Waals surface area contributed by atoms with Gasteiger partial charge in [0.2, 0.25) is 0 Å². The van der Waals surface area contributed by atoms with Gasteiger partial charge in [-0.3, -0.25) is 4.79 Å². The third-order valence-corrected chi connectivity index (χ3v) is 5.17. The topological polar surface area (TPSA) is 79.2 Å². The first kappa shape index (κ1) is 21.6. The van der Waals surface area contributed by atoms with Gasteiger partial charge in [0.1, 0.15) is 5.82 Å². The van der Waals surface area contributed by atoms with E-state index in [-0.39, 0.29) is 11.9 Å². The molecule has 0 aliphatic heterocycles. The molecule has 8 nitrogen and oxygen atoms in total. The average Bonchev–Trinajstić information content (AvgIpc) is 3.29. The molecule has 0 aliphatic carbocycles. The van der Waals surface area contributed by atoms with Crippen LogP contribution in [-0.2, 0) is 0 Å². The lowest BCUT2D eigenvalue weighted by molar-refractivity contribution is 0.0735. The van der Waals surface area contributed by atoms with E-state index in [2.05, 4.69) is 27.4 Å². The summed E-state index contributed by atoms with van der Waals surface area (Å²) in [6, 6.07) is 9.25. The molecule has 0 aliphatic rings. The molecule has 3 rings (SSSR count). The van der Waals surface area contributed by atoms with E-state index >= 15 is 0 Å². The number of benzene rings is 1. The third-order valence-electron chi connectivity index (χ3n) is 4.95. The van der Waals surface area contributed by atoms with Crippen molar-refractivity contribution in [3.05, 3.63) is 59.5 Å². The Balaban J connectivity index is 1.84. The Bertz CT molecular complexity index is 974. The molecule has 0 saturated carbocycles. The zero-order valence-corrected chi connectivity index (χ0v) is 18.3. The van der Waals surface area contributed by atoms with E-state index in [1.165, 1.54) is 4.80 Å². The van der Waals surface area contributed by atoms with Crippen molar-refractivity contribution in [2.75, 3.05) is 37.9 Å². The summed E-state index contributed by atoms with van der Waals surface area (Å²) < 4.78 is 0. The number of rotatable bonds is 8. The molecule has 2 heterocycles. The van der Waals surface area contributed by atoms with Crippen molar-refractivity contribution in [1.29, 1.82) is 0 Å². The van der Waals surface area contributed by atoms with Crippen LogP contribution >= 0.6 is 11.6 Å². The number of anilines is 2. The Hall–Kier alpha value is -3.13. The Morgan fingerprint density at radius 2 is 1.90 bits per heavy atom. The SMILES string of the molecule is CCC(CNc1ccc(Cl)cn1)N(C)C(=O)c1cc(N(C)C)ccc1-n1nccn1. The molecule has 9 heteroatoms. The van der Waals surface area contributed by atoms with Gasteiger partial charge in [0.25, 0.3) is 5.91 Å². The highest BCUT2D eigenvalue weighted by Crippen LogP contribution is 2.23. The van der Waals surface area contributed by atoms with Crippen molar-refractivity contribution in [3.63, 3.8) is 0 Å². The first-order chi connectivity index (χ1) is 14.4. The van der Waals surface area contributed by atoms with Crippen LogP contribution in [0.25, 0.3) is 5.69 Å². The minimum Gasteiger partial charge on any atom is -0.378 e. The van der Waals surface area contributed by atoms with Gasteiger partial charge in [0.05, 0.1) is 28.7 Å². The van der Waals surface area contributed by atoms with Crippen molar-refractivity contribution >= 4 is 29.0 Å². The van der Waals surface area contributed by atoms with Gasteiger partial charge in [-0.15, -0.1) is 0 Å². The molecule has 1 aromatic carbocycles. The minimum absolute atomic E-state index is 0.0311. The molecule has 0 saturated heterocycles. The summed E-state index contributed by atoms with van der Waals surface area (Å²) in [5, 5.41) is 12.3. The van der Waals surface area contributed by atoms with Crippen molar-refractivity contribution in [2.45, 2.75) is 19.4 Å². The number of aromatic nitrogens is 4. The number of amides is 1. The molecule has 0 bridgehead atoms. The number of hydrogen-bond acceptors (Lipinski definition) is 6. The molecule has 0 fully saturated rings. The number of hydrogen-bond donors (Lipinski definition) is 1. The molecular formula is C21H26ClN7O. The van der Waals surface area contributed by atoms with Crippen molar-refractivity contribution in [1.82, 2.24) is 24.9 Å². The molecule has 1 unspecified atom stereocenters. The number of nitrogens with one attached hydrogen (secondary N) is 1. The smallest absolute Gasteiger partial charge is 0.256 e. The molecule has 1 N–H and O–H groups in total. The second kappa shape index (κ2) is 9.58. The van der Waals surface area contributed by atoms with Gasteiger partial charge in [-0.25, -0.2) is 4.98 Å². The average molecular weight is 428 g/mol. The lowest BCUT2D eigenvalue weighted by Crippen LogP contribution is -2.41. The first-order valence-corrected chi connectivity index (χ1v) is 10.1.